The largest absolute Gasteiger partial charge is 0.389 e. The molecular formula is C15H21FN2S. The molecule has 0 amide bonds. The summed E-state index contributed by atoms with van der Waals surface area (Å²) >= 11 is 5.01. The Morgan fingerprint density at radius 2 is 2.21 bits per heavy atom. The Balaban J connectivity index is 2.12. The van der Waals surface area contributed by atoms with E-state index in [-0.39, 0.29) is 10.8 Å². The normalized spacial score (nSPS) is 21.1. The van der Waals surface area contributed by atoms with E-state index in [0.717, 1.165) is 31.1 Å². The van der Waals surface area contributed by atoms with E-state index in [1.165, 1.54) is 31.4 Å². The molecule has 0 aromatic heterocycles. The minimum atomic E-state index is -0.281. The molecule has 4 heteroatoms. The van der Waals surface area contributed by atoms with Crippen LogP contribution in [-0.4, -0.2) is 23.0 Å². The van der Waals surface area contributed by atoms with Crippen LogP contribution in [0.1, 0.15) is 37.3 Å². The second-order valence-corrected chi connectivity index (χ2v) is 5.92. The summed E-state index contributed by atoms with van der Waals surface area (Å²) in [4.78, 5) is 2.69. The van der Waals surface area contributed by atoms with Crippen LogP contribution in [0, 0.1) is 11.7 Å². The minimum absolute atomic E-state index is 0.276. The van der Waals surface area contributed by atoms with Crippen LogP contribution in [0.2, 0.25) is 0 Å². The third kappa shape index (κ3) is 3.98. The number of likely N-dealkylation sites (tertiary alicyclic amines) is 1. The molecule has 0 spiro atoms. The van der Waals surface area contributed by atoms with Gasteiger partial charge in [-0.2, -0.15) is 0 Å². The molecule has 1 heterocycles. The van der Waals surface area contributed by atoms with Gasteiger partial charge in [-0.25, -0.2) is 4.39 Å². The molecule has 104 valence electrons. The molecule has 1 aromatic carbocycles. The second-order valence-electron chi connectivity index (χ2n) is 5.48. The summed E-state index contributed by atoms with van der Waals surface area (Å²) in [5, 5.41) is 0. The van der Waals surface area contributed by atoms with Crippen LogP contribution in [0.5, 0.6) is 0 Å². The fraction of sp³-hybridized carbons (Fsp3) is 0.533. The maximum Gasteiger partial charge on any atom is 0.123 e. The lowest BCUT2D eigenvalue weighted by Crippen LogP contribution is -2.26. The van der Waals surface area contributed by atoms with Gasteiger partial charge in [0.25, 0.3) is 0 Å². The molecule has 2 nitrogen and oxygen atoms in total. The highest BCUT2D eigenvalue weighted by atomic mass is 32.1. The van der Waals surface area contributed by atoms with Crippen molar-refractivity contribution in [2.24, 2.45) is 11.7 Å². The van der Waals surface area contributed by atoms with Gasteiger partial charge in [-0.1, -0.05) is 25.2 Å². The van der Waals surface area contributed by atoms with Crippen LogP contribution >= 0.6 is 12.2 Å². The van der Waals surface area contributed by atoms with Gasteiger partial charge in [0.2, 0.25) is 0 Å². The Morgan fingerprint density at radius 3 is 2.95 bits per heavy atom. The van der Waals surface area contributed by atoms with E-state index in [4.69, 9.17) is 18.0 Å². The molecule has 1 aliphatic rings. The molecule has 1 atom stereocenters. The van der Waals surface area contributed by atoms with Gasteiger partial charge >= 0.3 is 0 Å². The first kappa shape index (κ1) is 14.4. The number of hydrogen-bond acceptors (Lipinski definition) is 2. The molecule has 0 radical (unpaired) electrons. The van der Waals surface area contributed by atoms with Crippen LogP contribution in [0.3, 0.4) is 0 Å². The van der Waals surface area contributed by atoms with Gasteiger partial charge in [-0.3, -0.25) is 4.90 Å². The Hall–Kier alpha value is -1.00. The Morgan fingerprint density at radius 1 is 1.42 bits per heavy atom. The zero-order valence-corrected chi connectivity index (χ0v) is 12.2. The summed E-state index contributed by atoms with van der Waals surface area (Å²) < 4.78 is 13.3. The summed E-state index contributed by atoms with van der Waals surface area (Å²) in [6, 6.07) is 4.73. The van der Waals surface area contributed by atoms with Gasteiger partial charge in [-0.15, -0.1) is 0 Å². The molecule has 1 aliphatic heterocycles. The zero-order chi connectivity index (χ0) is 13.8. The molecule has 0 saturated carbocycles. The zero-order valence-electron chi connectivity index (χ0n) is 11.4. The monoisotopic (exact) mass is 280 g/mol. The maximum atomic E-state index is 13.3. The van der Waals surface area contributed by atoms with E-state index in [1.54, 1.807) is 6.07 Å². The SMILES string of the molecule is CC1CCCN(Cc2ccc(F)cc2C(N)=S)CC1. The number of hydrogen-bond donors (Lipinski definition) is 1. The fourth-order valence-electron chi connectivity index (χ4n) is 2.64. The van der Waals surface area contributed by atoms with E-state index in [2.05, 4.69) is 11.8 Å². The Labute approximate surface area is 119 Å². The van der Waals surface area contributed by atoms with Crippen molar-refractivity contribution in [3.63, 3.8) is 0 Å². The number of benzene rings is 1. The average Bonchev–Trinajstić information content (AvgIpc) is 2.56. The van der Waals surface area contributed by atoms with Crippen molar-refractivity contribution < 1.29 is 4.39 Å². The molecule has 2 N–H and O–H groups in total. The summed E-state index contributed by atoms with van der Waals surface area (Å²) in [5.74, 6) is 0.518. The lowest BCUT2D eigenvalue weighted by molar-refractivity contribution is 0.273. The van der Waals surface area contributed by atoms with Crippen molar-refractivity contribution in [2.45, 2.75) is 32.7 Å². The number of nitrogens with two attached hydrogens (primary N) is 1. The van der Waals surface area contributed by atoms with Crippen LogP contribution in [0.4, 0.5) is 4.39 Å². The van der Waals surface area contributed by atoms with Crippen LogP contribution in [-0.2, 0) is 6.54 Å². The van der Waals surface area contributed by atoms with Crippen molar-refractivity contribution in [1.29, 1.82) is 0 Å². The van der Waals surface area contributed by atoms with E-state index in [1.807, 2.05) is 0 Å². The summed E-state index contributed by atoms with van der Waals surface area (Å²) in [6.45, 7) is 5.30. The Bertz CT molecular complexity index is 461. The van der Waals surface area contributed by atoms with Gasteiger partial charge in [0.15, 0.2) is 0 Å². The average molecular weight is 280 g/mol. The Kier molecular flexibility index (Phi) is 4.88. The van der Waals surface area contributed by atoms with Gasteiger partial charge in [0.1, 0.15) is 10.8 Å². The van der Waals surface area contributed by atoms with E-state index >= 15 is 0 Å². The van der Waals surface area contributed by atoms with E-state index in [9.17, 15) is 4.39 Å². The van der Waals surface area contributed by atoms with Crippen LogP contribution in [0.25, 0.3) is 0 Å². The molecule has 0 aliphatic carbocycles. The van der Waals surface area contributed by atoms with Gasteiger partial charge in [-0.05, 0) is 56.0 Å². The van der Waals surface area contributed by atoms with Crippen molar-refractivity contribution in [1.82, 2.24) is 4.90 Å². The molecule has 1 saturated heterocycles. The minimum Gasteiger partial charge on any atom is -0.389 e. The van der Waals surface area contributed by atoms with Gasteiger partial charge in [0, 0.05) is 12.1 Å². The second kappa shape index (κ2) is 6.44. The quantitative estimate of drug-likeness (QED) is 0.863. The predicted octanol–water partition coefficient (Wildman–Crippen LogP) is 3.08. The third-order valence-electron chi connectivity index (χ3n) is 3.84. The van der Waals surface area contributed by atoms with Crippen LogP contribution < -0.4 is 5.73 Å². The van der Waals surface area contributed by atoms with Crippen LogP contribution in [0.15, 0.2) is 18.2 Å². The molecular weight excluding hydrogens is 259 g/mol. The van der Waals surface area contributed by atoms with Gasteiger partial charge < -0.3 is 5.73 Å². The standard InChI is InChI=1S/C15H21FN2S/c1-11-3-2-7-18(8-6-11)10-12-4-5-13(16)9-14(12)15(17)19/h4-5,9,11H,2-3,6-8,10H2,1H3,(H2,17,19). The first-order chi connectivity index (χ1) is 9.06. The molecule has 0 bridgehead atoms. The van der Waals surface area contributed by atoms with Gasteiger partial charge in [0.05, 0.1) is 0 Å². The van der Waals surface area contributed by atoms with Crippen molar-refractivity contribution in [2.75, 3.05) is 13.1 Å². The molecule has 19 heavy (non-hydrogen) atoms. The molecule has 1 fully saturated rings. The summed E-state index contributed by atoms with van der Waals surface area (Å²) in [6.07, 6.45) is 3.75. The highest BCUT2D eigenvalue weighted by Gasteiger charge is 2.16. The van der Waals surface area contributed by atoms with Crippen molar-refractivity contribution in [3.05, 3.63) is 35.1 Å². The summed E-state index contributed by atoms with van der Waals surface area (Å²) in [7, 11) is 0. The predicted molar refractivity (Wildman–Crippen MR) is 80.6 cm³/mol. The lowest BCUT2D eigenvalue weighted by Gasteiger charge is -2.21. The first-order valence-corrected chi connectivity index (χ1v) is 7.27. The number of rotatable bonds is 3. The topological polar surface area (TPSA) is 29.3 Å². The summed E-state index contributed by atoms with van der Waals surface area (Å²) in [5.41, 5.74) is 7.39. The first-order valence-electron chi connectivity index (χ1n) is 6.87. The number of halogens is 1. The molecule has 1 aromatic rings. The smallest absolute Gasteiger partial charge is 0.123 e. The molecule has 2 rings (SSSR count). The van der Waals surface area contributed by atoms with E-state index < -0.39 is 0 Å². The van der Waals surface area contributed by atoms with Crippen molar-refractivity contribution >= 4 is 17.2 Å². The van der Waals surface area contributed by atoms with Crippen molar-refractivity contribution in [3.8, 4) is 0 Å². The molecule has 1 unspecified atom stereocenters. The highest BCUT2D eigenvalue weighted by Crippen LogP contribution is 2.20. The number of thiocarbonyl (C=S) groups is 1. The highest BCUT2D eigenvalue weighted by molar-refractivity contribution is 7.80. The maximum absolute atomic E-state index is 13.3. The number of nitrogens with zero attached hydrogens (tertiary/aromatic N) is 1. The lowest BCUT2D eigenvalue weighted by atomic mass is 10.0. The van der Waals surface area contributed by atoms with E-state index in [0.29, 0.717) is 5.56 Å². The third-order valence-corrected chi connectivity index (χ3v) is 4.06. The fourth-order valence-corrected chi connectivity index (χ4v) is 2.83.